The number of thiazole rings is 1. The number of sulfonamides is 1. The van der Waals surface area contributed by atoms with Crippen LogP contribution in [0.1, 0.15) is 53.0 Å². The summed E-state index contributed by atoms with van der Waals surface area (Å²) < 4.78 is 24.9. The van der Waals surface area contributed by atoms with Crippen LogP contribution >= 0.6 is 22.9 Å². The summed E-state index contributed by atoms with van der Waals surface area (Å²) in [6, 6.07) is 7.84. The molecule has 2 aromatic rings. The lowest BCUT2D eigenvalue weighted by molar-refractivity contribution is 0.0977. The molecule has 0 spiro atoms. The molecule has 1 saturated carbocycles. The highest BCUT2D eigenvalue weighted by molar-refractivity contribution is 7.89. The van der Waals surface area contributed by atoms with Crippen LogP contribution < -0.4 is 9.62 Å². The van der Waals surface area contributed by atoms with E-state index in [4.69, 9.17) is 11.6 Å². The van der Waals surface area contributed by atoms with Crippen LogP contribution in [0.2, 0.25) is 5.02 Å². The van der Waals surface area contributed by atoms with Gasteiger partial charge in [-0.05, 0) is 49.8 Å². The minimum Gasteiger partial charge on any atom is -0.347 e. The number of nitrogens with zero attached hydrogens (tertiary/aromatic N) is 2. The molecule has 0 unspecified atom stereocenters. The number of nitrogens with one attached hydrogen (secondary N) is 1. The van der Waals surface area contributed by atoms with Gasteiger partial charge in [-0.15, -0.1) is 11.3 Å². The van der Waals surface area contributed by atoms with Crippen molar-refractivity contribution in [1.29, 1.82) is 0 Å². The summed E-state index contributed by atoms with van der Waals surface area (Å²) in [5.41, 5.74) is 1.37. The van der Waals surface area contributed by atoms with Gasteiger partial charge in [0.1, 0.15) is 5.69 Å². The van der Waals surface area contributed by atoms with Crippen molar-refractivity contribution in [3.05, 3.63) is 45.4 Å². The highest BCUT2D eigenvalue weighted by Gasteiger charge is 2.23. The number of benzene rings is 1. The molecular weight excluding hydrogens is 442 g/mol. The zero-order valence-corrected chi connectivity index (χ0v) is 19.7. The first-order valence-electron chi connectivity index (χ1n) is 10.2. The second kappa shape index (κ2) is 10.1. The van der Waals surface area contributed by atoms with Crippen LogP contribution in [0.25, 0.3) is 0 Å². The number of carbonyl (C=O) groups excluding carboxylic acids is 1. The topological polar surface area (TPSA) is 79.4 Å². The Kier molecular flexibility index (Phi) is 7.76. The number of aryl methyl sites for hydroxylation is 1. The van der Waals surface area contributed by atoms with Crippen LogP contribution in [0.15, 0.2) is 24.3 Å². The molecule has 1 aliphatic carbocycles. The van der Waals surface area contributed by atoms with E-state index >= 15 is 0 Å². The molecule has 0 bridgehead atoms. The average molecular weight is 470 g/mol. The molecule has 164 valence electrons. The maximum absolute atomic E-state index is 12.3. The molecule has 1 fully saturated rings. The normalized spacial score (nSPS) is 15.2. The van der Waals surface area contributed by atoms with E-state index in [9.17, 15) is 13.2 Å². The summed E-state index contributed by atoms with van der Waals surface area (Å²) >= 11 is 7.44. The summed E-state index contributed by atoms with van der Waals surface area (Å²) in [5.74, 6) is -0.0608. The predicted molar refractivity (Wildman–Crippen MR) is 123 cm³/mol. The van der Waals surface area contributed by atoms with Crippen LogP contribution in [0.3, 0.4) is 0 Å². The maximum Gasteiger partial charge on any atom is 0.284 e. The molecule has 9 heteroatoms. The Labute approximate surface area is 187 Å². The number of carbonyl (C=O) groups is 1. The van der Waals surface area contributed by atoms with Crippen molar-refractivity contribution in [2.24, 2.45) is 5.92 Å². The Morgan fingerprint density at radius 3 is 2.53 bits per heavy atom. The lowest BCUT2D eigenvalue weighted by Gasteiger charge is -2.29. The van der Waals surface area contributed by atoms with Gasteiger partial charge in [-0.25, -0.2) is 18.1 Å². The minimum atomic E-state index is -3.63. The largest absolute Gasteiger partial charge is 0.347 e. The van der Waals surface area contributed by atoms with Crippen molar-refractivity contribution in [1.82, 2.24) is 9.71 Å². The van der Waals surface area contributed by atoms with Crippen LogP contribution in [0.4, 0.5) is 5.13 Å². The van der Waals surface area contributed by atoms with E-state index in [1.165, 1.54) is 49.0 Å². The van der Waals surface area contributed by atoms with Crippen molar-refractivity contribution >= 4 is 44.0 Å². The zero-order valence-electron chi connectivity index (χ0n) is 17.4. The summed E-state index contributed by atoms with van der Waals surface area (Å²) in [5, 5.41) is 1.49. The fraction of sp³-hybridized carbons (Fsp3) is 0.524. The van der Waals surface area contributed by atoms with Crippen LogP contribution in [0, 0.1) is 12.8 Å². The second-order valence-corrected chi connectivity index (χ2v) is 11.3. The number of halogens is 1. The van der Waals surface area contributed by atoms with E-state index in [1.54, 1.807) is 6.92 Å². The van der Waals surface area contributed by atoms with Gasteiger partial charge in [0.2, 0.25) is 10.0 Å². The van der Waals surface area contributed by atoms with Crippen LogP contribution in [-0.4, -0.2) is 38.7 Å². The molecule has 1 amide bonds. The van der Waals surface area contributed by atoms with Gasteiger partial charge >= 0.3 is 0 Å². The number of aromatic nitrogens is 1. The minimum absolute atomic E-state index is 0.181. The molecule has 1 aromatic heterocycles. The zero-order chi connectivity index (χ0) is 21.7. The van der Waals surface area contributed by atoms with Crippen molar-refractivity contribution in [3.63, 3.8) is 0 Å². The maximum atomic E-state index is 12.3. The van der Waals surface area contributed by atoms with Gasteiger partial charge in [0.15, 0.2) is 5.13 Å². The number of rotatable bonds is 8. The van der Waals surface area contributed by atoms with Crippen molar-refractivity contribution in [2.45, 2.75) is 45.4 Å². The van der Waals surface area contributed by atoms with E-state index in [2.05, 4.69) is 9.88 Å². The number of anilines is 1. The predicted octanol–water partition coefficient (Wildman–Crippen LogP) is 4.42. The lowest BCUT2D eigenvalue weighted by Crippen LogP contribution is -2.33. The first-order chi connectivity index (χ1) is 14.2. The monoisotopic (exact) mass is 469 g/mol. The van der Waals surface area contributed by atoms with E-state index in [0.29, 0.717) is 10.8 Å². The van der Waals surface area contributed by atoms with Gasteiger partial charge in [0, 0.05) is 23.0 Å². The molecule has 30 heavy (non-hydrogen) atoms. The number of hydrogen-bond acceptors (Lipinski definition) is 6. The first-order valence-corrected chi connectivity index (χ1v) is 13.3. The third-order valence-electron chi connectivity index (χ3n) is 5.34. The van der Waals surface area contributed by atoms with E-state index in [-0.39, 0.29) is 5.69 Å². The summed E-state index contributed by atoms with van der Waals surface area (Å²) in [7, 11) is -3.63. The van der Waals surface area contributed by atoms with Crippen molar-refractivity contribution in [2.75, 3.05) is 24.2 Å². The highest BCUT2D eigenvalue weighted by Crippen LogP contribution is 2.30. The van der Waals surface area contributed by atoms with E-state index < -0.39 is 15.9 Å². The van der Waals surface area contributed by atoms with Gasteiger partial charge in [0.25, 0.3) is 5.91 Å². The molecule has 0 aliphatic heterocycles. The fourth-order valence-electron chi connectivity index (χ4n) is 3.81. The van der Waals surface area contributed by atoms with Gasteiger partial charge in [-0.3, -0.25) is 4.79 Å². The van der Waals surface area contributed by atoms with Crippen LogP contribution in [-0.2, 0) is 16.4 Å². The summed E-state index contributed by atoms with van der Waals surface area (Å²) in [6.45, 7) is 3.47. The molecule has 1 aromatic carbocycles. The van der Waals surface area contributed by atoms with Gasteiger partial charge in [-0.1, -0.05) is 43.0 Å². The highest BCUT2D eigenvalue weighted by atomic mass is 35.5. The SMILES string of the molecule is Cc1sc(N(CCc2ccc(Cl)cc2)CC2CCCCC2)nc1C(=O)NS(C)(=O)=O. The van der Waals surface area contributed by atoms with E-state index in [1.807, 2.05) is 29.0 Å². The molecule has 6 nitrogen and oxygen atoms in total. The average Bonchev–Trinajstić information content (AvgIpc) is 3.08. The Morgan fingerprint density at radius 1 is 1.23 bits per heavy atom. The first kappa shape index (κ1) is 23.0. The third kappa shape index (κ3) is 6.68. The standard InChI is InChI=1S/C21H28ClN3O3S2/c1-15-19(20(26)24-30(2,27)28)23-21(29-15)25(14-17-6-4-3-5-7-17)13-12-16-8-10-18(22)11-9-16/h8-11,17H,3-7,12-14H2,1-2H3,(H,24,26). The van der Waals surface area contributed by atoms with Crippen LogP contribution in [0.5, 0.6) is 0 Å². The van der Waals surface area contributed by atoms with Crippen molar-refractivity contribution in [3.8, 4) is 0 Å². The molecule has 0 saturated heterocycles. The molecule has 1 N–H and O–H groups in total. The Hall–Kier alpha value is -1.64. The quantitative estimate of drug-likeness (QED) is 0.618. The molecular formula is C21H28ClN3O3S2. The lowest BCUT2D eigenvalue weighted by atomic mass is 9.89. The Balaban J connectivity index is 1.78. The number of hydrogen-bond donors (Lipinski definition) is 1. The van der Waals surface area contributed by atoms with Gasteiger partial charge in [-0.2, -0.15) is 0 Å². The molecule has 3 rings (SSSR count). The van der Waals surface area contributed by atoms with E-state index in [0.717, 1.165) is 35.9 Å². The molecule has 1 heterocycles. The van der Waals surface area contributed by atoms with Crippen molar-refractivity contribution < 1.29 is 13.2 Å². The summed E-state index contributed by atoms with van der Waals surface area (Å²) in [4.78, 5) is 19.8. The summed E-state index contributed by atoms with van der Waals surface area (Å²) in [6.07, 6.45) is 8.05. The number of amides is 1. The van der Waals surface area contributed by atoms with Gasteiger partial charge < -0.3 is 4.90 Å². The Morgan fingerprint density at radius 2 is 1.90 bits per heavy atom. The fourth-order valence-corrected chi connectivity index (χ4v) is 5.31. The third-order valence-corrected chi connectivity index (χ3v) is 7.18. The van der Waals surface area contributed by atoms with Gasteiger partial charge in [0.05, 0.1) is 6.26 Å². The molecule has 0 atom stereocenters. The molecule has 0 radical (unpaired) electrons. The Bertz CT molecular complexity index is 968. The molecule has 1 aliphatic rings. The second-order valence-electron chi connectivity index (χ2n) is 7.93. The smallest absolute Gasteiger partial charge is 0.284 e.